The minimum absolute atomic E-state index is 0.0626. The molecule has 2 atom stereocenters. The molecule has 1 aromatic rings. The number of nitrogens with zero attached hydrogens (tertiary/aromatic N) is 1. The van der Waals surface area contributed by atoms with Gasteiger partial charge in [-0.25, -0.2) is 0 Å². The molecular weight excluding hydrogens is 240 g/mol. The van der Waals surface area contributed by atoms with Crippen LogP contribution in [0.5, 0.6) is 0 Å². The maximum absolute atomic E-state index is 12.1. The fraction of sp³-hybridized carbons (Fsp3) is 0.667. The van der Waals surface area contributed by atoms with E-state index in [1.54, 1.807) is 6.26 Å². The third-order valence-corrected chi connectivity index (χ3v) is 3.91. The van der Waals surface area contributed by atoms with Crippen molar-refractivity contribution in [3.8, 4) is 0 Å². The predicted molar refractivity (Wildman–Crippen MR) is 74.8 cm³/mol. The molecule has 0 aliphatic carbocycles. The second-order valence-corrected chi connectivity index (χ2v) is 5.33. The SMILES string of the molecule is CCC1CCCCN1CC(=O)NC(C)c1ccco1. The van der Waals surface area contributed by atoms with Crippen LogP contribution in [0, 0.1) is 0 Å². The Morgan fingerprint density at radius 1 is 1.58 bits per heavy atom. The van der Waals surface area contributed by atoms with Gasteiger partial charge in [-0.15, -0.1) is 0 Å². The molecule has 2 rings (SSSR count). The maximum Gasteiger partial charge on any atom is 0.234 e. The molecule has 1 aliphatic heterocycles. The summed E-state index contributed by atoms with van der Waals surface area (Å²) in [6.45, 7) is 5.70. The van der Waals surface area contributed by atoms with E-state index in [1.165, 1.54) is 19.3 Å². The summed E-state index contributed by atoms with van der Waals surface area (Å²) in [7, 11) is 0. The largest absolute Gasteiger partial charge is 0.467 e. The van der Waals surface area contributed by atoms with Gasteiger partial charge in [0, 0.05) is 6.04 Å². The molecule has 1 saturated heterocycles. The smallest absolute Gasteiger partial charge is 0.234 e. The molecule has 2 heterocycles. The lowest BCUT2D eigenvalue weighted by molar-refractivity contribution is -0.124. The average Bonchev–Trinajstić information content (AvgIpc) is 2.93. The van der Waals surface area contributed by atoms with E-state index < -0.39 is 0 Å². The van der Waals surface area contributed by atoms with Crippen LogP contribution in [0.2, 0.25) is 0 Å². The molecule has 1 aromatic heterocycles. The standard InChI is InChI=1S/C15H24N2O2/c1-3-13-7-4-5-9-17(13)11-15(18)16-12(2)14-8-6-10-19-14/h6,8,10,12-13H,3-5,7,9,11H2,1-2H3,(H,16,18). The van der Waals surface area contributed by atoms with Gasteiger partial charge < -0.3 is 9.73 Å². The van der Waals surface area contributed by atoms with Crippen LogP contribution in [0.4, 0.5) is 0 Å². The molecule has 1 amide bonds. The Hall–Kier alpha value is -1.29. The van der Waals surface area contributed by atoms with Crippen LogP contribution in [0.3, 0.4) is 0 Å². The Kier molecular flexibility index (Phi) is 5.02. The Balaban J connectivity index is 1.83. The Labute approximate surface area is 115 Å². The van der Waals surface area contributed by atoms with E-state index in [-0.39, 0.29) is 11.9 Å². The lowest BCUT2D eigenvalue weighted by atomic mass is 10.00. The molecule has 19 heavy (non-hydrogen) atoms. The number of likely N-dealkylation sites (tertiary alicyclic amines) is 1. The topological polar surface area (TPSA) is 45.5 Å². The average molecular weight is 264 g/mol. The molecule has 4 nitrogen and oxygen atoms in total. The van der Waals surface area contributed by atoms with Crippen LogP contribution in [-0.4, -0.2) is 29.9 Å². The van der Waals surface area contributed by atoms with Crippen LogP contribution in [0.15, 0.2) is 22.8 Å². The summed E-state index contributed by atoms with van der Waals surface area (Å²) in [5.74, 6) is 0.892. The van der Waals surface area contributed by atoms with Crippen LogP contribution >= 0.6 is 0 Å². The van der Waals surface area contributed by atoms with Crippen molar-refractivity contribution in [1.82, 2.24) is 10.2 Å². The fourth-order valence-corrected chi connectivity index (χ4v) is 2.81. The van der Waals surface area contributed by atoms with Crippen molar-refractivity contribution in [3.05, 3.63) is 24.2 Å². The van der Waals surface area contributed by atoms with Gasteiger partial charge in [-0.3, -0.25) is 9.69 Å². The van der Waals surface area contributed by atoms with E-state index in [0.29, 0.717) is 12.6 Å². The van der Waals surface area contributed by atoms with Crippen molar-refractivity contribution < 1.29 is 9.21 Å². The van der Waals surface area contributed by atoms with Crippen molar-refractivity contribution in [2.24, 2.45) is 0 Å². The molecule has 106 valence electrons. The number of hydrogen-bond donors (Lipinski definition) is 1. The summed E-state index contributed by atoms with van der Waals surface area (Å²) >= 11 is 0. The zero-order valence-electron chi connectivity index (χ0n) is 11.9. The number of carbonyl (C=O) groups is 1. The van der Waals surface area contributed by atoms with Gasteiger partial charge in [0.2, 0.25) is 5.91 Å². The van der Waals surface area contributed by atoms with Gasteiger partial charge in [0.25, 0.3) is 0 Å². The lowest BCUT2D eigenvalue weighted by Crippen LogP contribution is -2.45. The summed E-state index contributed by atoms with van der Waals surface area (Å²) in [6, 6.07) is 4.24. The molecule has 1 N–H and O–H groups in total. The maximum atomic E-state index is 12.1. The van der Waals surface area contributed by atoms with Crippen molar-refractivity contribution in [1.29, 1.82) is 0 Å². The predicted octanol–water partition coefficient (Wildman–Crippen LogP) is 2.72. The molecular formula is C15H24N2O2. The van der Waals surface area contributed by atoms with Gasteiger partial charge >= 0.3 is 0 Å². The summed E-state index contributed by atoms with van der Waals surface area (Å²) in [6.07, 6.45) is 6.48. The van der Waals surface area contributed by atoms with Gasteiger partial charge in [-0.1, -0.05) is 13.3 Å². The minimum atomic E-state index is -0.0626. The molecule has 1 fully saturated rings. The van der Waals surface area contributed by atoms with Gasteiger partial charge in [0.15, 0.2) is 0 Å². The number of amides is 1. The molecule has 0 aromatic carbocycles. The first-order valence-corrected chi connectivity index (χ1v) is 7.27. The van der Waals surface area contributed by atoms with Gasteiger partial charge in [-0.05, 0) is 44.9 Å². The van der Waals surface area contributed by atoms with E-state index in [1.807, 2.05) is 19.1 Å². The Bertz CT molecular complexity index is 389. The van der Waals surface area contributed by atoms with Crippen molar-refractivity contribution in [3.63, 3.8) is 0 Å². The number of nitrogens with one attached hydrogen (secondary N) is 1. The van der Waals surface area contributed by atoms with Crippen molar-refractivity contribution in [2.45, 2.75) is 51.6 Å². The molecule has 4 heteroatoms. The number of rotatable bonds is 5. The van der Waals surface area contributed by atoms with E-state index >= 15 is 0 Å². The minimum Gasteiger partial charge on any atom is -0.467 e. The van der Waals surface area contributed by atoms with E-state index in [9.17, 15) is 4.79 Å². The summed E-state index contributed by atoms with van der Waals surface area (Å²) in [5.41, 5.74) is 0. The highest BCUT2D eigenvalue weighted by molar-refractivity contribution is 5.78. The first kappa shape index (κ1) is 14.1. The second-order valence-electron chi connectivity index (χ2n) is 5.33. The first-order chi connectivity index (χ1) is 9.20. The molecule has 0 radical (unpaired) electrons. The van der Waals surface area contributed by atoms with Gasteiger partial charge in [0.1, 0.15) is 5.76 Å². The van der Waals surface area contributed by atoms with Gasteiger partial charge in [-0.2, -0.15) is 0 Å². The van der Waals surface area contributed by atoms with E-state index in [2.05, 4.69) is 17.1 Å². The second kappa shape index (κ2) is 6.75. The third-order valence-electron chi connectivity index (χ3n) is 3.91. The lowest BCUT2D eigenvalue weighted by Gasteiger charge is -2.34. The van der Waals surface area contributed by atoms with Crippen LogP contribution in [-0.2, 0) is 4.79 Å². The highest BCUT2D eigenvalue weighted by Crippen LogP contribution is 2.19. The van der Waals surface area contributed by atoms with E-state index in [4.69, 9.17) is 4.42 Å². The summed E-state index contributed by atoms with van der Waals surface area (Å²) in [5, 5.41) is 3.00. The van der Waals surface area contributed by atoms with Crippen LogP contribution in [0.1, 0.15) is 51.3 Å². The van der Waals surface area contributed by atoms with Crippen molar-refractivity contribution >= 4 is 5.91 Å². The summed E-state index contributed by atoms with van der Waals surface area (Å²) < 4.78 is 5.30. The summed E-state index contributed by atoms with van der Waals surface area (Å²) in [4.78, 5) is 14.4. The number of piperidine rings is 1. The van der Waals surface area contributed by atoms with Crippen LogP contribution < -0.4 is 5.32 Å². The van der Waals surface area contributed by atoms with Crippen LogP contribution in [0.25, 0.3) is 0 Å². The van der Waals surface area contributed by atoms with Gasteiger partial charge in [0.05, 0.1) is 18.8 Å². The molecule has 0 bridgehead atoms. The molecule has 0 spiro atoms. The van der Waals surface area contributed by atoms with Crippen molar-refractivity contribution in [2.75, 3.05) is 13.1 Å². The highest BCUT2D eigenvalue weighted by Gasteiger charge is 2.23. The number of hydrogen-bond acceptors (Lipinski definition) is 3. The third kappa shape index (κ3) is 3.83. The fourth-order valence-electron chi connectivity index (χ4n) is 2.81. The Morgan fingerprint density at radius 2 is 2.42 bits per heavy atom. The molecule has 0 saturated carbocycles. The molecule has 2 unspecified atom stereocenters. The zero-order valence-corrected chi connectivity index (χ0v) is 11.9. The molecule has 1 aliphatic rings. The van der Waals surface area contributed by atoms with E-state index in [0.717, 1.165) is 18.7 Å². The first-order valence-electron chi connectivity index (χ1n) is 7.27. The number of carbonyl (C=O) groups excluding carboxylic acids is 1. The monoisotopic (exact) mass is 264 g/mol. The Morgan fingerprint density at radius 3 is 3.11 bits per heavy atom. The normalized spacial score (nSPS) is 22.1. The zero-order chi connectivity index (χ0) is 13.7. The number of furan rings is 1. The highest BCUT2D eigenvalue weighted by atomic mass is 16.3. The quantitative estimate of drug-likeness (QED) is 0.889.